The third-order valence-electron chi connectivity index (χ3n) is 4.16. The van der Waals surface area contributed by atoms with Crippen LogP contribution in [0, 0.1) is 0 Å². The van der Waals surface area contributed by atoms with Gasteiger partial charge < -0.3 is 14.9 Å². The summed E-state index contributed by atoms with van der Waals surface area (Å²) in [7, 11) is 1.75. The predicted octanol–water partition coefficient (Wildman–Crippen LogP) is 0.802. The number of hydrogen-bond acceptors (Lipinski definition) is 3. The van der Waals surface area contributed by atoms with Gasteiger partial charge in [0, 0.05) is 31.4 Å². The second-order valence-electron chi connectivity index (χ2n) is 5.50. The van der Waals surface area contributed by atoms with E-state index in [0.29, 0.717) is 37.9 Å². The number of aliphatic hydroxyl groups excluding tert-OH is 1. The first-order valence-electron chi connectivity index (χ1n) is 6.93. The molecule has 5 nitrogen and oxygen atoms in total. The zero-order valence-corrected chi connectivity index (χ0v) is 11.5. The van der Waals surface area contributed by atoms with Crippen LogP contribution in [-0.2, 0) is 11.2 Å². The fraction of sp³-hybridized carbons (Fsp3) is 0.467. The minimum atomic E-state index is -0.287. The molecule has 1 aromatic rings. The molecule has 0 unspecified atom stereocenters. The van der Waals surface area contributed by atoms with E-state index in [1.54, 1.807) is 22.9 Å². The smallest absolute Gasteiger partial charge is 0.253 e. The van der Waals surface area contributed by atoms with E-state index >= 15 is 0 Å². The number of likely N-dealkylation sites (tertiary alicyclic amines) is 1. The van der Waals surface area contributed by atoms with Crippen molar-refractivity contribution < 1.29 is 14.7 Å². The van der Waals surface area contributed by atoms with Crippen molar-refractivity contribution in [2.45, 2.75) is 25.4 Å². The quantitative estimate of drug-likeness (QED) is 0.824. The van der Waals surface area contributed by atoms with E-state index in [2.05, 4.69) is 0 Å². The summed E-state index contributed by atoms with van der Waals surface area (Å²) in [4.78, 5) is 27.5. The molecule has 0 aromatic heterocycles. The number of likely N-dealkylation sites (N-methyl/N-ethyl adjacent to an activating group) is 1. The van der Waals surface area contributed by atoms with Crippen LogP contribution in [0.15, 0.2) is 18.2 Å². The molecule has 0 radical (unpaired) electrons. The Bertz CT molecular complexity index is 562. The van der Waals surface area contributed by atoms with Gasteiger partial charge in [-0.3, -0.25) is 9.59 Å². The Balaban J connectivity index is 1.80. The van der Waals surface area contributed by atoms with Crippen molar-refractivity contribution in [3.05, 3.63) is 29.3 Å². The van der Waals surface area contributed by atoms with Gasteiger partial charge in [-0.25, -0.2) is 0 Å². The molecule has 2 amide bonds. The molecule has 1 saturated heterocycles. The summed E-state index contributed by atoms with van der Waals surface area (Å²) in [5, 5.41) is 9.48. The summed E-state index contributed by atoms with van der Waals surface area (Å²) in [6.07, 6.45) is 1.35. The molecule has 0 saturated carbocycles. The van der Waals surface area contributed by atoms with Gasteiger partial charge in [-0.05, 0) is 36.6 Å². The monoisotopic (exact) mass is 274 g/mol. The summed E-state index contributed by atoms with van der Waals surface area (Å²) in [5.41, 5.74) is 2.43. The van der Waals surface area contributed by atoms with Crippen LogP contribution >= 0.6 is 0 Å². The lowest BCUT2D eigenvalue weighted by atomic mass is 10.0. The van der Waals surface area contributed by atoms with Crippen molar-refractivity contribution in [2.75, 3.05) is 25.0 Å². The number of benzene rings is 1. The van der Waals surface area contributed by atoms with Crippen molar-refractivity contribution >= 4 is 17.5 Å². The lowest BCUT2D eigenvalue weighted by Gasteiger charge is -2.29. The molecule has 2 heterocycles. The number of anilines is 1. The van der Waals surface area contributed by atoms with Crippen LogP contribution in [0.1, 0.15) is 28.8 Å². The topological polar surface area (TPSA) is 60.9 Å². The Hall–Kier alpha value is -1.88. The maximum atomic E-state index is 12.4. The number of carbonyl (C=O) groups excluding carboxylic acids is 2. The molecule has 5 heteroatoms. The largest absolute Gasteiger partial charge is 0.393 e. The molecule has 0 spiro atoms. The average molecular weight is 274 g/mol. The SMILES string of the molecule is CN1C(=O)Cc2cc(C(=O)N3CCC(O)CC3)ccc21. The molecule has 0 aliphatic carbocycles. The number of nitrogens with zero attached hydrogens (tertiary/aromatic N) is 2. The summed E-state index contributed by atoms with van der Waals surface area (Å²) in [6.45, 7) is 1.19. The van der Waals surface area contributed by atoms with E-state index in [1.165, 1.54) is 0 Å². The molecule has 1 fully saturated rings. The first-order valence-corrected chi connectivity index (χ1v) is 6.93. The summed E-state index contributed by atoms with van der Waals surface area (Å²) in [6, 6.07) is 5.44. The zero-order valence-electron chi connectivity index (χ0n) is 11.5. The minimum absolute atomic E-state index is 0.0123. The second-order valence-corrected chi connectivity index (χ2v) is 5.50. The standard InChI is InChI=1S/C15H18N2O3/c1-16-13-3-2-10(8-11(13)9-14(16)19)15(20)17-6-4-12(18)5-7-17/h2-3,8,12,18H,4-7,9H2,1H3. The number of carbonyl (C=O) groups is 2. The van der Waals surface area contributed by atoms with E-state index in [4.69, 9.17) is 0 Å². The maximum absolute atomic E-state index is 12.4. The minimum Gasteiger partial charge on any atom is -0.393 e. The summed E-state index contributed by atoms with van der Waals surface area (Å²) >= 11 is 0. The Morgan fingerprint density at radius 2 is 2.00 bits per heavy atom. The zero-order chi connectivity index (χ0) is 14.3. The van der Waals surface area contributed by atoms with Crippen LogP contribution in [0.3, 0.4) is 0 Å². The van der Waals surface area contributed by atoms with Crippen molar-refractivity contribution in [3.63, 3.8) is 0 Å². The van der Waals surface area contributed by atoms with Gasteiger partial charge in [0.25, 0.3) is 5.91 Å². The lowest BCUT2D eigenvalue weighted by molar-refractivity contribution is -0.117. The van der Waals surface area contributed by atoms with Crippen LogP contribution in [-0.4, -0.2) is 48.1 Å². The second kappa shape index (κ2) is 4.90. The molecule has 3 rings (SSSR count). The van der Waals surface area contributed by atoms with Crippen molar-refractivity contribution in [2.24, 2.45) is 0 Å². The number of hydrogen-bond donors (Lipinski definition) is 1. The first kappa shape index (κ1) is 13.1. The fourth-order valence-electron chi connectivity index (χ4n) is 2.85. The summed E-state index contributed by atoms with van der Waals surface area (Å²) < 4.78 is 0. The van der Waals surface area contributed by atoms with E-state index in [9.17, 15) is 14.7 Å². The molecule has 2 aliphatic heterocycles. The molecular formula is C15H18N2O3. The number of rotatable bonds is 1. The Morgan fingerprint density at radius 3 is 2.70 bits per heavy atom. The van der Waals surface area contributed by atoms with E-state index in [0.717, 1.165) is 11.3 Å². The molecule has 20 heavy (non-hydrogen) atoms. The molecule has 1 aromatic carbocycles. The van der Waals surface area contributed by atoms with Gasteiger partial charge in [-0.2, -0.15) is 0 Å². The van der Waals surface area contributed by atoms with Crippen molar-refractivity contribution in [3.8, 4) is 0 Å². The number of amides is 2. The van der Waals surface area contributed by atoms with Crippen LogP contribution in [0.25, 0.3) is 0 Å². The highest BCUT2D eigenvalue weighted by Gasteiger charge is 2.27. The van der Waals surface area contributed by atoms with Crippen molar-refractivity contribution in [1.82, 2.24) is 4.90 Å². The normalized spacial score (nSPS) is 19.4. The van der Waals surface area contributed by atoms with Gasteiger partial charge in [0.1, 0.15) is 0 Å². The molecule has 2 aliphatic rings. The summed E-state index contributed by atoms with van der Waals surface area (Å²) in [5.74, 6) is 0.0485. The third-order valence-corrected chi connectivity index (χ3v) is 4.16. The predicted molar refractivity (Wildman–Crippen MR) is 74.7 cm³/mol. The highest BCUT2D eigenvalue weighted by molar-refractivity contribution is 6.03. The Morgan fingerprint density at radius 1 is 1.30 bits per heavy atom. The molecule has 1 N–H and O–H groups in total. The highest BCUT2D eigenvalue weighted by atomic mass is 16.3. The molecular weight excluding hydrogens is 256 g/mol. The van der Waals surface area contributed by atoms with Crippen LogP contribution in [0.5, 0.6) is 0 Å². The van der Waals surface area contributed by atoms with E-state index < -0.39 is 0 Å². The lowest BCUT2D eigenvalue weighted by Crippen LogP contribution is -2.40. The van der Waals surface area contributed by atoms with Crippen LogP contribution < -0.4 is 4.90 Å². The first-order chi connectivity index (χ1) is 9.56. The van der Waals surface area contributed by atoms with E-state index in [-0.39, 0.29) is 17.9 Å². The average Bonchev–Trinajstić information content (AvgIpc) is 2.74. The Labute approximate surface area is 117 Å². The fourth-order valence-corrected chi connectivity index (χ4v) is 2.85. The number of fused-ring (bicyclic) bond motifs is 1. The van der Waals surface area contributed by atoms with Gasteiger partial charge in [0.15, 0.2) is 0 Å². The van der Waals surface area contributed by atoms with Crippen molar-refractivity contribution in [1.29, 1.82) is 0 Å². The van der Waals surface area contributed by atoms with Crippen LogP contribution in [0.2, 0.25) is 0 Å². The number of aliphatic hydroxyl groups is 1. The van der Waals surface area contributed by atoms with Gasteiger partial charge in [-0.15, -0.1) is 0 Å². The Kier molecular flexibility index (Phi) is 3.22. The van der Waals surface area contributed by atoms with Gasteiger partial charge >= 0.3 is 0 Å². The molecule has 106 valence electrons. The maximum Gasteiger partial charge on any atom is 0.253 e. The highest BCUT2D eigenvalue weighted by Crippen LogP contribution is 2.29. The number of piperidine rings is 1. The molecule has 0 bridgehead atoms. The third kappa shape index (κ3) is 2.18. The van der Waals surface area contributed by atoms with Gasteiger partial charge in [-0.1, -0.05) is 0 Å². The van der Waals surface area contributed by atoms with Crippen LogP contribution in [0.4, 0.5) is 5.69 Å². The van der Waals surface area contributed by atoms with Gasteiger partial charge in [0.2, 0.25) is 5.91 Å². The van der Waals surface area contributed by atoms with Gasteiger partial charge in [0.05, 0.1) is 12.5 Å². The van der Waals surface area contributed by atoms with E-state index in [1.807, 2.05) is 12.1 Å². The molecule has 0 atom stereocenters.